The highest BCUT2D eigenvalue weighted by Crippen LogP contribution is 2.36. The van der Waals surface area contributed by atoms with Gasteiger partial charge in [0.15, 0.2) is 6.79 Å². The average molecular weight is 348 g/mol. The molecule has 5 heteroatoms. The topological polar surface area (TPSA) is 76.0 Å². The summed E-state index contributed by atoms with van der Waals surface area (Å²) in [7, 11) is 0. The first-order chi connectivity index (χ1) is 11.4. The van der Waals surface area contributed by atoms with Gasteiger partial charge in [-0.15, -0.1) is 0 Å². The van der Waals surface area contributed by atoms with Crippen molar-refractivity contribution in [2.24, 2.45) is 10.8 Å². The predicted octanol–water partition coefficient (Wildman–Crippen LogP) is 3.62. The van der Waals surface area contributed by atoms with E-state index in [1.807, 2.05) is 5.92 Å². The van der Waals surface area contributed by atoms with Crippen molar-refractivity contribution in [2.45, 2.75) is 53.8 Å². The van der Waals surface area contributed by atoms with E-state index in [4.69, 9.17) is 14.6 Å². The quantitative estimate of drug-likeness (QED) is 0.628. The fraction of sp³-hybridized carbons (Fsp3) is 0.550. The van der Waals surface area contributed by atoms with Crippen LogP contribution in [0.25, 0.3) is 0 Å². The highest BCUT2D eigenvalue weighted by atomic mass is 16.7. The Morgan fingerprint density at radius 1 is 1.08 bits per heavy atom. The fourth-order valence-corrected chi connectivity index (χ4v) is 2.93. The predicted molar refractivity (Wildman–Crippen MR) is 96.1 cm³/mol. The van der Waals surface area contributed by atoms with E-state index < -0.39 is 12.1 Å². The van der Waals surface area contributed by atoms with Gasteiger partial charge in [0.25, 0.3) is 0 Å². The summed E-state index contributed by atoms with van der Waals surface area (Å²) in [5.41, 5.74) is 0.473. The zero-order chi connectivity index (χ0) is 19.3. The van der Waals surface area contributed by atoms with Gasteiger partial charge < -0.3 is 19.7 Å². The number of carboxylic acids is 1. The third-order valence-corrected chi connectivity index (χ3v) is 3.55. The molecule has 0 aliphatic heterocycles. The largest absolute Gasteiger partial charge is 0.472 e. The second-order valence-corrected chi connectivity index (χ2v) is 8.09. The summed E-state index contributed by atoms with van der Waals surface area (Å²) in [6.07, 6.45) is -1.13. The van der Waals surface area contributed by atoms with Crippen LogP contribution in [0.4, 0.5) is 0 Å². The standard InChI is InChI=1S/C20H28O5/c1-19(2,3)18(20(4,5)6)25-13-24-15-9-7-14(8-10-15)16(21)11-12-17(22)23/h7-10,16,18,21H,13H2,1-6H3,(H,22,23). The molecule has 0 aliphatic carbocycles. The van der Waals surface area contributed by atoms with Crippen LogP contribution in [-0.4, -0.2) is 29.1 Å². The molecular formula is C20H28O5. The zero-order valence-corrected chi connectivity index (χ0v) is 15.8. The van der Waals surface area contributed by atoms with E-state index in [2.05, 4.69) is 47.5 Å². The van der Waals surface area contributed by atoms with Gasteiger partial charge in [-0.3, -0.25) is 0 Å². The van der Waals surface area contributed by atoms with Gasteiger partial charge in [0.1, 0.15) is 11.9 Å². The number of rotatable bonds is 5. The molecule has 1 aromatic rings. The fourth-order valence-electron chi connectivity index (χ4n) is 2.93. The minimum Gasteiger partial charge on any atom is -0.472 e. The number of aliphatic hydroxyl groups is 1. The summed E-state index contributed by atoms with van der Waals surface area (Å²) in [5, 5.41) is 18.3. The number of carboxylic acid groups (broad SMARTS) is 1. The number of carbonyl (C=O) groups is 1. The number of hydrogen-bond donors (Lipinski definition) is 2. The molecule has 0 spiro atoms. The molecule has 0 bridgehead atoms. The summed E-state index contributed by atoms with van der Waals surface area (Å²) >= 11 is 0. The Kier molecular flexibility index (Phi) is 7.04. The maximum atomic E-state index is 10.4. The van der Waals surface area contributed by atoms with Gasteiger partial charge in [0.05, 0.1) is 6.10 Å². The van der Waals surface area contributed by atoms with Crippen LogP contribution in [0.15, 0.2) is 24.3 Å². The Balaban J connectivity index is 2.65. The van der Waals surface area contributed by atoms with Gasteiger partial charge in [-0.05, 0) is 28.5 Å². The van der Waals surface area contributed by atoms with Crippen molar-refractivity contribution >= 4 is 5.97 Å². The summed E-state index contributed by atoms with van der Waals surface area (Å²) in [6, 6.07) is 6.66. The van der Waals surface area contributed by atoms with Gasteiger partial charge >= 0.3 is 5.97 Å². The molecule has 1 aromatic carbocycles. The van der Waals surface area contributed by atoms with Crippen molar-refractivity contribution in [2.75, 3.05) is 6.79 Å². The van der Waals surface area contributed by atoms with Crippen molar-refractivity contribution in [3.63, 3.8) is 0 Å². The molecule has 0 saturated carbocycles. The number of hydrogen-bond acceptors (Lipinski definition) is 4. The maximum absolute atomic E-state index is 10.4. The van der Waals surface area contributed by atoms with Crippen molar-refractivity contribution in [3.05, 3.63) is 29.8 Å². The van der Waals surface area contributed by atoms with E-state index in [1.165, 1.54) is 0 Å². The number of benzene rings is 1. The van der Waals surface area contributed by atoms with Crippen molar-refractivity contribution in [1.82, 2.24) is 0 Å². The van der Waals surface area contributed by atoms with Crippen LogP contribution in [-0.2, 0) is 9.53 Å². The maximum Gasteiger partial charge on any atom is 0.382 e. The highest BCUT2D eigenvalue weighted by Gasteiger charge is 2.35. The Bertz CT molecular complexity index is 609. The third kappa shape index (κ3) is 7.16. The van der Waals surface area contributed by atoms with Gasteiger partial charge in [0.2, 0.25) is 0 Å². The van der Waals surface area contributed by atoms with E-state index in [9.17, 15) is 9.90 Å². The molecule has 25 heavy (non-hydrogen) atoms. The van der Waals surface area contributed by atoms with E-state index in [1.54, 1.807) is 24.3 Å². The molecule has 0 radical (unpaired) electrons. The summed E-state index contributed by atoms with van der Waals surface area (Å²) in [5.74, 6) is 3.47. The highest BCUT2D eigenvalue weighted by molar-refractivity contribution is 5.86. The van der Waals surface area contributed by atoms with Crippen LogP contribution in [0.5, 0.6) is 5.75 Å². The van der Waals surface area contributed by atoms with Crippen LogP contribution in [0.2, 0.25) is 0 Å². The first kappa shape index (κ1) is 21.0. The molecule has 5 nitrogen and oxygen atoms in total. The lowest BCUT2D eigenvalue weighted by Gasteiger charge is -2.40. The minimum absolute atomic E-state index is 0.0155. The minimum atomic E-state index is -1.27. The van der Waals surface area contributed by atoms with Gasteiger partial charge in [-0.1, -0.05) is 59.6 Å². The molecule has 1 rings (SSSR count). The van der Waals surface area contributed by atoms with Crippen LogP contribution in [0.1, 0.15) is 53.2 Å². The SMILES string of the molecule is CC(C)(C)C(OCOc1ccc(C(O)C#CC(=O)O)cc1)C(C)(C)C. The Morgan fingerprint density at radius 3 is 2.04 bits per heavy atom. The van der Waals surface area contributed by atoms with Crippen LogP contribution >= 0.6 is 0 Å². The van der Waals surface area contributed by atoms with E-state index >= 15 is 0 Å². The molecule has 138 valence electrons. The molecule has 0 fully saturated rings. The number of ether oxygens (including phenoxy) is 2. The lowest BCUT2D eigenvalue weighted by Crippen LogP contribution is -2.41. The van der Waals surface area contributed by atoms with Crippen molar-refractivity contribution in [1.29, 1.82) is 0 Å². The average Bonchev–Trinajstić information content (AvgIpc) is 2.47. The lowest BCUT2D eigenvalue weighted by molar-refractivity contribution is -0.130. The van der Waals surface area contributed by atoms with Crippen molar-refractivity contribution < 1.29 is 24.5 Å². The molecule has 0 aromatic heterocycles. The third-order valence-electron chi connectivity index (χ3n) is 3.55. The molecule has 1 unspecified atom stereocenters. The van der Waals surface area contributed by atoms with Crippen LogP contribution in [0, 0.1) is 22.7 Å². The number of aliphatic hydroxyl groups excluding tert-OH is 1. The lowest BCUT2D eigenvalue weighted by atomic mass is 9.74. The van der Waals surface area contributed by atoms with Gasteiger partial charge in [0, 0.05) is 5.92 Å². The molecular weight excluding hydrogens is 320 g/mol. The summed E-state index contributed by atoms with van der Waals surface area (Å²) in [6.45, 7) is 12.9. The summed E-state index contributed by atoms with van der Waals surface area (Å²) < 4.78 is 11.6. The van der Waals surface area contributed by atoms with Gasteiger partial charge in [-0.2, -0.15) is 0 Å². The molecule has 0 aliphatic rings. The van der Waals surface area contributed by atoms with E-state index in [0.717, 1.165) is 0 Å². The zero-order valence-electron chi connectivity index (χ0n) is 15.8. The molecule has 0 saturated heterocycles. The van der Waals surface area contributed by atoms with Crippen LogP contribution < -0.4 is 4.74 Å². The Hall–Kier alpha value is -2.03. The smallest absolute Gasteiger partial charge is 0.382 e. The summed E-state index contributed by atoms with van der Waals surface area (Å²) in [4.78, 5) is 10.4. The van der Waals surface area contributed by atoms with Gasteiger partial charge in [-0.25, -0.2) is 4.79 Å². The van der Waals surface area contributed by atoms with Crippen molar-refractivity contribution in [3.8, 4) is 17.6 Å². The second-order valence-electron chi connectivity index (χ2n) is 8.09. The first-order valence-corrected chi connectivity index (χ1v) is 8.18. The molecule has 1 atom stereocenters. The van der Waals surface area contributed by atoms with Crippen LogP contribution in [0.3, 0.4) is 0 Å². The second kappa shape index (κ2) is 8.37. The Labute approximate surface area is 150 Å². The first-order valence-electron chi connectivity index (χ1n) is 8.18. The van der Waals surface area contributed by atoms with E-state index in [0.29, 0.717) is 11.3 Å². The van der Waals surface area contributed by atoms with E-state index in [-0.39, 0.29) is 23.7 Å². The monoisotopic (exact) mass is 348 g/mol. The molecule has 0 amide bonds. The normalized spacial score (nSPS) is 13.1. The Morgan fingerprint density at radius 2 is 1.60 bits per heavy atom. The number of aliphatic carboxylic acids is 1. The molecule has 0 heterocycles. The molecule has 2 N–H and O–H groups in total.